The molecule has 0 bridgehead atoms. The first-order chi connectivity index (χ1) is 12.1. The molecule has 1 aromatic heterocycles. The Bertz CT molecular complexity index is 845. The molecule has 6 heteroatoms. The fourth-order valence-corrected chi connectivity index (χ4v) is 3.28. The molecule has 0 saturated carbocycles. The highest BCUT2D eigenvalue weighted by molar-refractivity contribution is 7.16. The van der Waals surface area contributed by atoms with Crippen LogP contribution in [0.4, 0.5) is 11.4 Å². The summed E-state index contributed by atoms with van der Waals surface area (Å²) in [6.07, 6.45) is 0. The van der Waals surface area contributed by atoms with Gasteiger partial charge in [-0.1, -0.05) is 11.6 Å². The summed E-state index contributed by atoms with van der Waals surface area (Å²) in [5.74, 6) is 0.599. The number of amides is 1. The van der Waals surface area contributed by atoms with Crippen LogP contribution in [0.25, 0.3) is 0 Å². The van der Waals surface area contributed by atoms with Crippen molar-refractivity contribution in [3.8, 4) is 5.75 Å². The molecule has 0 unspecified atom stereocenters. The zero-order valence-electron chi connectivity index (χ0n) is 13.6. The Labute approximate surface area is 155 Å². The second-order valence-corrected chi connectivity index (χ2v) is 7.12. The molecule has 0 saturated heterocycles. The third-order valence-electron chi connectivity index (χ3n) is 3.59. The summed E-state index contributed by atoms with van der Waals surface area (Å²) < 4.78 is 5.88. The lowest BCUT2D eigenvalue weighted by Crippen LogP contribution is -2.11. The molecule has 2 N–H and O–H groups in total. The van der Waals surface area contributed by atoms with Crippen molar-refractivity contribution in [1.29, 1.82) is 0 Å². The normalized spacial score (nSPS) is 10.3. The van der Waals surface area contributed by atoms with Crippen LogP contribution in [0.15, 0.2) is 60.7 Å². The molecule has 4 nitrogen and oxygen atoms in total. The van der Waals surface area contributed by atoms with Crippen LogP contribution in [0.3, 0.4) is 0 Å². The number of hydrogen-bond donors (Lipinski definition) is 2. The SMILES string of the molecule is COc1ccc(NC(=O)c2ccc(NCc3ccc(Cl)s3)cc2)cc1. The molecule has 1 amide bonds. The molecule has 0 spiro atoms. The van der Waals surface area contributed by atoms with E-state index in [2.05, 4.69) is 10.6 Å². The average molecular weight is 373 g/mol. The lowest BCUT2D eigenvalue weighted by Gasteiger charge is -2.08. The largest absolute Gasteiger partial charge is 0.497 e. The molecule has 0 aliphatic heterocycles. The molecular weight excluding hydrogens is 356 g/mol. The van der Waals surface area contributed by atoms with E-state index in [0.29, 0.717) is 12.1 Å². The third-order valence-corrected chi connectivity index (χ3v) is 4.82. The van der Waals surface area contributed by atoms with E-state index in [9.17, 15) is 4.79 Å². The van der Waals surface area contributed by atoms with E-state index >= 15 is 0 Å². The molecule has 0 radical (unpaired) electrons. The van der Waals surface area contributed by atoms with E-state index < -0.39 is 0 Å². The van der Waals surface area contributed by atoms with Gasteiger partial charge in [-0.25, -0.2) is 0 Å². The Morgan fingerprint density at radius 1 is 1.00 bits per heavy atom. The zero-order chi connectivity index (χ0) is 17.6. The first-order valence-corrected chi connectivity index (χ1v) is 8.87. The molecular formula is C19H17ClN2O2S. The minimum absolute atomic E-state index is 0.151. The predicted molar refractivity (Wildman–Crippen MR) is 104 cm³/mol. The summed E-state index contributed by atoms with van der Waals surface area (Å²) in [5.41, 5.74) is 2.27. The molecule has 0 aliphatic rings. The van der Waals surface area contributed by atoms with Gasteiger partial charge in [0.1, 0.15) is 5.75 Å². The Balaban J connectivity index is 1.57. The maximum Gasteiger partial charge on any atom is 0.255 e. The number of hydrogen-bond acceptors (Lipinski definition) is 4. The van der Waals surface area contributed by atoms with Crippen LogP contribution in [0.1, 0.15) is 15.2 Å². The van der Waals surface area contributed by atoms with E-state index in [1.54, 1.807) is 54.8 Å². The lowest BCUT2D eigenvalue weighted by atomic mass is 10.2. The Kier molecular flexibility index (Phi) is 5.58. The summed E-state index contributed by atoms with van der Waals surface area (Å²) >= 11 is 7.47. The number of ether oxygens (including phenoxy) is 1. The van der Waals surface area contributed by atoms with Crippen LogP contribution < -0.4 is 15.4 Å². The van der Waals surface area contributed by atoms with Crippen molar-refractivity contribution in [2.45, 2.75) is 6.54 Å². The van der Waals surface area contributed by atoms with Crippen molar-refractivity contribution >= 4 is 40.2 Å². The molecule has 2 aromatic carbocycles. The lowest BCUT2D eigenvalue weighted by molar-refractivity contribution is 0.102. The van der Waals surface area contributed by atoms with Crippen LogP contribution >= 0.6 is 22.9 Å². The summed E-state index contributed by atoms with van der Waals surface area (Å²) in [7, 11) is 1.61. The smallest absolute Gasteiger partial charge is 0.255 e. The number of halogens is 1. The third kappa shape index (κ3) is 4.75. The second kappa shape index (κ2) is 8.05. The van der Waals surface area contributed by atoms with Crippen molar-refractivity contribution in [3.05, 3.63) is 75.4 Å². The van der Waals surface area contributed by atoms with Crippen molar-refractivity contribution < 1.29 is 9.53 Å². The van der Waals surface area contributed by atoms with Gasteiger partial charge >= 0.3 is 0 Å². The molecule has 0 fully saturated rings. The Hall–Kier alpha value is -2.50. The van der Waals surface area contributed by atoms with Gasteiger partial charge in [0.15, 0.2) is 0 Å². The zero-order valence-corrected chi connectivity index (χ0v) is 15.2. The van der Waals surface area contributed by atoms with Gasteiger partial charge in [-0.3, -0.25) is 4.79 Å². The van der Waals surface area contributed by atoms with Crippen LogP contribution in [0.2, 0.25) is 4.34 Å². The first-order valence-electron chi connectivity index (χ1n) is 7.67. The van der Waals surface area contributed by atoms with Crippen LogP contribution in [-0.2, 0) is 6.54 Å². The van der Waals surface area contributed by atoms with Gasteiger partial charge in [0, 0.05) is 28.4 Å². The van der Waals surface area contributed by atoms with Gasteiger partial charge < -0.3 is 15.4 Å². The van der Waals surface area contributed by atoms with Crippen molar-refractivity contribution in [1.82, 2.24) is 0 Å². The van der Waals surface area contributed by atoms with Crippen molar-refractivity contribution in [3.63, 3.8) is 0 Å². The fraction of sp³-hybridized carbons (Fsp3) is 0.105. The Morgan fingerprint density at radius 3 is 2.28 bits per heavy atom. The minimum atomic E-state index is -0.151. The number of rotatable bonds is 6. The topological polar surface area (TPSA) is 50.4 Å². The van der Waals surface area contributed by atoms with Gasteiger partial charge in [-0.2, -0.15) is 0 Å². The van der Waals surface area contributed by atoms with E-state index in [4.69, 9.17) is 16.3 Å². The van der Waals surface area contributed by atoms with Gasteiger partial charge in [0.05, 0.1) is 11.4 Å². The summed E-state index contributed by atoms with van der Waals surface area (Å²) in [6, 6.07) is 18.5. The minimum Gasteiger partial charge on any atom is -0.497 e. The van der Waals surface area contributed by atoms with Crippen LogP contribution in [0.5, 0.6) is 5.75 Å². The number of thiophene rings is 1. The summed E-state index contributed by atoms with van der Waals surface area (Å²) in [6.45, 7) is 0.703. The van der Waals surface area contributed by atoms with E-state index in [-0.39, 0.29) is 5.91 Å². The first kappa shape index (κ1) is 17.3. The highest BCUT2D eigenvalue weighted by Gasteiger charge is 2.06. The maximum atomic E-state index is 12.3. The number of methoxy groups -OCH3 is 1. The molecule has 0 atom stereocenters. The number of benzene rings is 2. The molecule has 3 aromatic rings. The standard InChI is InChI=1S/C19H17ClN2O2S/c1-24-16-8-6-15(7-9-16)22-19(23)13-2-4-14(5-3-13)21-12-17-10-11-18(20)25-17/h2-11,21H,12H2,1H3,(H,22,23). The number of anilines is 2. The quantitative estimate of drug-likeness (QED) is 0.619. The molecule has 25 heavy (non-hydrogen) atoms. The monoisotopic (exact) mass is 372 g/mol. The summed E-state index contributed by atoms with van der Waals surface area (Å²) in [5, 5.41) is 6.17. The van der Waals surface area contributed by atoms with Crippen molar-refractivity contribution in [2.24, 2.45) is 0 Å². The molecule has 3 rings (SSSR count). The fourth-order valence-electron chi connectivity index (χ4n) is 2.25. The van der Waals surface area contributed by atoms with E-state index in [0.717, 1.165) is 26.3 Å². The predicted octanol–water partition coefficient (Wildman–Crippen LogP) is 5.27. The number of carbonyl (C=O) groups is 1. The van der Waals surface area contributed by atoms with Crippen LogP contribution in [0, 0.1) is 0 Å². The average Bonchev–Trinajstić information content (AvgIpc) is 3.06. The second-order valence-electron chi connectivity index (χ2n) is 5.32. The van der Waals surface area contributed by atoms with E-state index in [1.807, 2.05) is 24.3 Å². The van der Waals surface area contributed by atoms with Gasteiger partial charge in [0.25, 0.3) is 5.91 Å². The van der Waals surface area contributed by atoms with Gasteiger partial charge in [-0.05, 0) is 60.7 Å². The molecule has 128 valence electrons. The van der Waals surface area contributed by atoms with Gasteiger partial charge in [-0.15, -0.1) is 11.3 Å². The highest BCUT2D eigenvalue weighted by atomic mass is 35.5. The van der Waals surface area contributed by atoms with Crippen molar-refractivity contribution in [2.75, 3.05) is 17.7 Å². The van der Waals surface area contributed by atoms with Gasteiger partial charge in [0.2, 0.25) is 0 Å². The number of carbonyl (C=O) groups excluding carboxylic acids is 1. The van der Waals surface area contributed by atoms with E-state index in [1.165, 1.54) is 0 Å². The Morgan fingerprint density at radius 2 is 1.68 bits per heavy atom. The number of nitrogens with one attached hydrogen (secondary N) is 2. The maximum absolute atomic E-state index is 12.3. The molecule has 1 heterocycles. The molecule has 0 aliphatic carbocycles. The van der Waals surface area contributed by atoms with Crippen LogP contribution in [-0.4, -0.2) is 13.0 Å². The summed E-state index contributed by atoms with van der Waals surface area (Å²) in [4.78, 5) is 13.4. The highest BCUT2D eigenvalue weighted by Crippen LogP contribution is 2.22.